The Balaban J connectivity index is 1.90. The molecule has 4 rings (SSSR count). The van der Waals surface area contributed by atoms with E-state index in [9.17, 15) is 14.3 Å². The predicted molar refractivity (Wildman–Crippen MR) is 88.5 cm³/mol. The van der Waals surface area contributed by atoms with Crippen LogP contribution in [0.4, 0.5) is 10.1 Å². The van der Waals surface area contributed by atoms with E-state index in [0.29, 0.717) is 21.8 Å². The second-order valence-electron chi connectivity index (χ2n) is 6.17. The van der Waals surface area contributed by atoms with Crippen LogP contribution < -0.4 is 10.4 Å². The summed E-state index contributed by atoms with van der Waals surface area (Å²) in [6.45, 7) is 0. The van der Waals surface area contributed by atoms with Gasteiger partial charge in [-0.15, -0.1) is 0 Å². The molecule has 0 fully saturated rings. The molecule has 1 N–H and O–H groups in total. The lowest BCUT2D eigenvalue weighted by Crippen LogP contribution is -2.33. The molecule has 3 nitrogen and oxygen atoms in total. The number of rotatable bonds is 2. The molecule has 1 aliphatic heterocycles. The fourth-order valence-electron chi connectivity index (χ4n) is 3.89. The van der Waals surface area contributed by atoms with Crippen LogP contribution in [0.1, 0.15) is 39.9 Å². The number of nitrogens with one attached hydrogen (secondary N) is 1. The topological polar surface area (TPSA) is 52.2 Å². The van der Waals surface area contributed by atoms with E-state index in [0.717, 1.165) is 6.42 Å². The number of fused-ring (bicyclic) bond motifs is 3. The van der Waals surface area contributed by atoms with Gasteiger partial charge < -0.3 is 15.2 Å². The highest BCUT2D eigenvalue weighted by Crippen LogP contribution is 2.52. The van der Waals surface area contributed by atoms with Crippen molar-refractivity contribution in [1.29, 1.82) is 0 Å². The lowest BCUT2D eigenvalue weighted by atomic mass is 9.75. The summed E-state index contributed by atoms with van der Waals surface area (Å²) < 4.78 is 14.3. The van der Waals surface area contributed by atoms with Crippen LogP contribution in [-0.2, 0) is 0 Å². The van der Waals surface area contributed by atoms with Crippen molar-refractivity contribution < 1.29 is 14.3 Å². The minimum atomic E-state index is -1.23. The minimum Gasteiger partial charge on any atom is -0.545 e. The molecular weight excluding hydrogens is 329 g/mol. The summed E-state index contributed by atoms with van der Waals surface area (Å²) in [6, 6.07) is 9.38. The number of benzene rings is 2. The van der Waals surface area contributed by atoms with E-state index in [1.165, 1.54) is 18.2 Å². The third kappa shape index (κ3) is 2.21. The van der Waals surface area contributed by atoms with Crippen LogP contribution in [0.5, 0.6) is 0 Å². The van der Waals surface area contributed by atoms with E-state index in [2.05, 4.69) is 5.32 Å². The summed E-state index contributed by atoms with van der Waals surface area (Å²) in [4.78, 5) is 11.5. The maximum Gasteiger partial charge on any atom is 0.128 e. The van der Waals surface area contributed by atoms with Gasteiger partial charge in [-0.05, 0) is 30.0 Å². The summed E-state index contributed by atoms with van der Waals surface area (Å²) in [5.74, 6) is -1.60. The van der Waals surface area contributed by atoms with Crippen molar-refractivity contribution in [3.05, 3.63) is 76.1 Å². The molecule has 0 unspecified atom stereocenters. The first-order valence-corrected chi connectivity index (χ1v) is 8.17. The van der Waals surface area contributed by atoms with E-state index in [1.54, 1.807) is 18.2 Å². The Labute approximate surface area is 143 Å². The van der Waals surface area contributed by atoms with Gasteiger partial charge in [0.05, 0.1) is 22.7 Å². The summed E-state index contributed by atoms with van der Waals surface area (Å²) in [5.41, 5.74) is 1.89. The number of carboxylic acid groups (broad SMARTS) is 1. The fourth-order valence-corrected chi connectivity index (χ4v) is 4.11. The zero-order valence-corrected chi connectivity index (χ0v) is 13.4. The molecule has 2 aliphatic rings. The van der Waals surface area contributed by atoms with Gasteiger partial charge in [0.1, 0.15) is 5.82 Å². The van der Waals surface area contributed by atoms with Crippen LogP contribution >= 0.6 is 11.6 Å². The standard InChI is InChI=1S/C19H15ClFNO2/c20-14-9-8-13(19(23)24)16-10-5-3-6-11(10)17(22-18(14)16)12-4-1-2-7-15(12)21/h1-5,7-11,17,22H,6H2,(H,23,24)/p-1/t10-,11-,17+/m0/s1. The molecule has 0 saturated heterocycles. The van der Waals surface area contributed by atoms with Crippen LogP contribution in [-0.4, -0.2) is 5.97 Å². The van der Waals surface area contributed by atoms with Crippen LogP contribution in [0.2, 0.25) is 5.02 Å². The molecule has 0 aromatic heterocycles. The minimum absolute atomic E-state index is 0.0333. The average Bonchev–Trinajstić information content (AvgIpc) is 3.05. The average molecular weight is 343 g/mol. The first-order valence-electron chi connectivity index (χ1n) is 7.79. The first-order chi connectivity index (χ1) is 11.6. The molecule has 3 atom stereocenters. The van der Waals surface area contributed by atoms with Crippen LogP contribution in [0, 0.1) is 11.7 Å². The van der Waals surface area contributed by atoms with Gasteiger partial charge in [0.15, 0.2) is 0 Å². The van der Waals surface area contributed by atoms with Gasteiger partial charge in [-0.3, -0.25) is 0 Å². The molecule has 0 spiro atoms. The fraction of sp³-hybridized carbons (Fsp3) is 0.211. The van der Waals surface area contributed by atoms with Crippen LogP contribution in [0.15, 0.2) is 48.6 Å². The summed E-state index contributed by atoms with van der Waals surface area (Å²) in [6.07, 6.45) is 4.75. The second-order valence-corrected chi connectivity index (χ2v) is 6.58. The molecule has 0 amide bonds. The number of carbonyl (C=O) groups is 1. The van der Waals surface area contributed by atoms with E-state index in [4.69, 9.17) is 11.6 Å². The first kappa shape index (κ1) is 15.2. The van der Waals surface area contributed by atoms with Gasteiger partial charge in [-0.25, -0.2) is 4.39 Å². The highest BCUT2D eigenvalue weighted by atomic mass is 35.5. The number of aromatic carboxylic acids is 1. The maximum atomic E-state index is 14.3. The Morgan fingerprint density at radius 2 is 2.04 bits per heavy atom. The van der Waals surface area contributed by atoms with Gasteiger partial charge >= 0.3 is 0 Å². The van der Waals surface area contributed by atoms with Crippen molar-refractivity contribution in [2.45, 2.75) is 18.4 Å². The number of halogens is 2. The number of hydrogen-bond donors (Lipinski definition) is 1. The van der Waals surface area contributed by atoms with E-state index in [1.807, 2.05) is 12.2 Å². The van der Waals surface area contributed by atoms with E-state index >= 15 is 0 Å². The van der Waals surface area contributed by atoms with Gasteiger partial charge in [-0.1, -0.05) is 48.0 Å². The molecule has 1 heterocycles. The highest BCUT2D eigenvalue weighted by Gasteiger charge is 2.40. The van der Waals surface area contributed by atoms with E-state index in [-0.39, 0.29) is 29.3 Å². The zero-order valence-electron chi connectivity index (χ0n) is 12.6. The number of allylic oxidation sites excluding steroid dienone is 2. The van der Waals surface area contributed by atoms with Crippen molar-refractivity contribution in [2.24, 2.45) is 5.92 Å². The number of carbonyl (C=O) groups excluding carboxylic acids is 1. The second kappa shape index (κ2) is 5.64. The summed E-state index contributed by atoms with van der Waals surface area (Å²) in [5, 5.41) is 15.2. The van der Waals surface area contributed by atoms with Gasteiger partial charge in [0.25, 0.3) is 0 Å². The normalized spacial score (nSPS) is 24.2. The van der Waals surface area contributed by atoms with E-state index < -0.39 is 5.97 Å². The largest absolute Gasteiger partial charge is 0.545 e. The molecule has 24 heavy (non-hydrogen) atoms. The molecule has 0 radical (unpaired) electrons. The molecule has 2 aromatic carbocycles. The van der Waals surface area contributed by atoms with Crippen molar-refractivity contribution >= 4 is 23.3 Å². The SMILES string of the molecule is O=C([O-])c1ccc(Cl)c2c1[C@H]1C=CC[C@@H]1[C@H](c1ccccc1F)N2. The van der Waals surface area contributed by atoms with Crippen molar-refractivity contribution in [1.82, 2.24) is 0 Å². The summed E-state index contributed by atoms with van der Waals surface area (Å²) >= 11 is 6.31. The third-order valence-electron chi connectivity index (χ3n) is 4.93. The Hall–Kier alpha value is -2.33. The Bertz CT molecular complexity index is 864. The number of hydrogen-bond acceptors (Lipinski definition) is 3. The quantitative estimate of drug-likeness (QED) is 0.847. The Morgan fingerprint density at radius 3 is 2.79 bits per heavy atom. The molecule has 5 heteroatoms. The lowest BCUT2D eigenvalue weighted by Gasteiger charge is -2.39. The number of anilines is 1. The van der Waals surface area contributed by atoms with Crippen molar-refractivity contribution in [3.8, 4) is 0 Å². The molecule has 1 aliphatic carbocycles. The molecular formula is C19H14ClFNO2-. The number of carboxylic acids is 1. The lowest BCUT2D eigenvalue weighted by molar-refractivity contribution is -0.255. The molecule has 0 saturated carbocycles. The third-order valence-corrected chi connectivity index (χ3v) is 5.24. The van der Waals surface area contributed by atoms with Crippen LogP contribution in [0.25, 0.3) is 0 Å². The Morgan fingerprint density at radius 1 is 1.25 bits per heavy atom. The highest BCUT2D eigenvalue weighted by molar-refractivity contribution is 6.33. The van der Waals surface area contributed by atoms with Gasteiger partial charge in [-0.2, -0.15) is 0 Å². The summed E-state index contributed by atoms with van der Waals surface area (Å²) in [7, 11) is 0. The van der Waals surface area contributed by atoms with Crippen molar-refractivity contribution in [2.75, 3.05) is 5.32 Å². The smallest absolute Gasteiger partial charge is 0.128 e. The predicted octanol–water partition coefficient (Wildman–Crippen LogP) is 3.67. The van der Waals surface area contributed by atoms with Gasteiger partial charge in [0, 0.05) is 17.0 Å². The van der Waals surface area contributed by atoms with Gasteiger partial charge in [0.2, 0.25) is 0 Å². The molecule has 0 bridgehead atoms. The Kier molecular flexibility index (Phi) is 3.57. The van der Waals surface area contributed by atoms with Crippen LogP contribution in [0.3, 0.4) is 0 Å². The molecule has 122 valence electrons. The van der Waals surface area contributed by atoms with Crippen molar-refractivity contribution in [3.63, 3.8) is 0 Å². The monoisotopic (exact) mass is 342 g/mol. The zero-order chi connectivity index (χ0) is 16.8. The molecule has 2 aromatic rings. The maximum absolute atomic E-state index is 14.3.